The van der Waals surface area contributed by atoms with Crippen molar-refractivity contribution in [1.29, 1.82) is 0 Å². The highest BCUT2D eigenvalue weighted by atomic mass is 16.9. The summed E-state index contributed by atoms with van der Waals surface area (Å²) < 4.78 is 21.8. The van der Waals surface area contributed by atoms with E-state index in [9.17, 15) is 14.7 Å². The first-order chi connectivity index (χ1) is 13.5. The average molecular weight is 380 g/mol. The summed E-state index contributed by atoms with van der Waals surface area (Å²) in [6, 6.07) is 15.5. The Kier molecular flexibility index (Phi) is 4.37. The van der Waals surface area contributed by atoms with E-state index in [2.05, 4.69) is 0 Å². The SMILES string of the molecule is CCC(O)(Oc1cc(=O)c2ccccc2o1)Oc1cc(=O)c2ccccc2o1. The van der Waals surface area contributed by atoms with Crippen LogP contribution in [0, 0.1) is 0 Å². The first-order valence-electron chi connectivity index (χ1n) is 8.63. The molecule has 0 bridgehead atoms. The average Bonchev–Trinajstić information content (AvgIpc) is 2.68. The van der Waals surface area contributed by atoms with Crippen LogP contribution >= 0.6 is 0 Å². The Morgan fingerprint density at radius 3 is 1.68 bits per heavy atom. The molecule has 2 heterocycles. The molecular weight excluding hydrogens is 364 g/mol. The van der Waals surface area contributed by atoms with Gasteiger partial charge in [0.2, 0.25) is 0 Å². The van der Waals surface area contributed by atoms with Crippen LogP contribution in [0.4, 0.5) is 0 Å². The van der Waals surface area contributed by atoms with Crippen LogP contribution in [0.5, 0.6) is 11.9 Å². The van der Waals surface area contributed by atoms with E-state index in [1.165, 1.54) is 0 Å². The minimum absolute atomic E-state index is 0.0416. The van der Waals surface area contributed by atoms with Gasteiger partial charge in [0.25, 0.3) is 11.9 Å². The van der Waals surface area contributed by atoms with Crippen LogP contribution in [0.3, 0.4) is 0 Å². The third-order valence-corrected chi connectivity index (χ3v) is 4.19. The highest BCUT2D eigenvalue weighted by Gasteiger charge is 2.33. The number of aliphatic hydroxyl groups is 1. The van der Waals surface area contributed by atoms with Crippen molar-refractivity contribution in [2.45, 2.75) is 19.3 Å². The predicted molar refractivity (Wildman–Crippen MR) is 101 cm³/mol. The van der Waals surface area contributed by atoms with E-state index in [1.54, 1.807) is 55.5 Å². The molecule has 0 radical (unpaired) electrons. The van der Waals surface area contributed by atoms with Crippen molar-refractivity contribution < 1.29 is 23.4 Å². The first-order valence-corrected chi connectivity index (χ1v) is 8.63. The Hall–Kier alpha value is -3.58. The molecule has 0 saturated carbocycles. The normalized spacial score (nSPS) is 11.6. The van der Waals surface area contributed by atoms with E-state index < -0.39 is 5.97 Å². The monoisotopic (exact) mass is 380 g/mol. The summed E-state index contributed by atoms with van der Waals surface area (Å²) >= 11 is 0. The van der Waals surface area contributed by atoms with Gasteiger partial charge in [0, 0.05) is 0 Å². The van der Waals surface area contributed by atoms with E-state index >= 15 is 0 Å². The Labute approximate surface area is 158 Å². The minimum Gasteiger partial charge on any atom is -0.425 e. The largest absolute Gasteiger partial charge is 0.425 e. The Morgan fingerprint density at radius 1 is 0.821 bits per heavy atom. The van der Waals surface area contributed by atoms with Gasteiger partial charge in [-0.25, -0.2) is 0 Å². The summed E-state index contributed by atoms with van der Waals surface area (Å²) in [6.07, 6.45) is -0.0416. The molecule has 0 saturated heterocycles. The molecule has 0 aliphatic carbocycles. The molecule has 0 fully saturated rings. The fraction of sp³-hybridized carbons (Fsp3) is 0.143. The number of hydrogen-bond donors (Lipinski definition) is 1. The van der Waals surface area contributed by atoms with Crippen molar-refractivity contribution in [3.8, 4) is 11.9 Å². The van der Waals surface area contributed by atoms with E-state index in [4.69, 9.17) is 18.3 Å². The zero-order valence-corrected chi connectivity index (χ0v) is 14.9. The second-order valence-electron chi connectivity index (χ2n) is 6.12. The Morgan fingerprint density at radius 2 is 1.25 bits per heavy atom. The van der Waals surface area contributed by atoms with Crippen LogP contribution < -0.4 is 20.3 Å². The van der Waals surface area contributed by atoms with Crippen molar-refractivity contribution in [2.75, 3.05) is 0 Å². The molecule has 0 aliphatic rings. The number of para-hydroxylation sites is 2. The lowest BCUT2D eigenvalue weighted by atomic mass is 10.2. The van der Waals surface area contributed by atoms with Crippen LogP contribution in [0.1, 0.15) is 13.3 Å². The highest BCUT2D eigenvalue weighted by Crippen LogP contribution is 2.26. The van der Waals surface area contributed by atoms with Crippen LogP contribution in [0.2, 0.25) is 0 Å². The Bertz CT molecular complexity index is 1170. The fourth-order valence-corrected chi connectivity index (χ4v) is 2.74. The lowest BCUT2D eigenvalue weighted by Crippen LogP contribution is -2.41. The quantitative estimate of drug-likeness (QED) is 0.530. The number of benzene rings is 2. The first kappa shape index (κ1) is 17.8. The lowest BCUT2D eigenvalue weighted by molar-refractivity contribution is -0.284. The highest BCUT2D eigenvalue weighted by molar-refractivity contribution is 5.77. The maximum Gasteiger partial charge on any atom is 0.373 e. The van der Waals surface area contributed by atoms with Gasteiger partial charge >= 0.3 is 5.97 Å². The molecule has 7 heteroatoms. The standard InChI is InChI=1S/C21H16O7/c1-2-21(24,27-19-11-15(22)13-7-3-5-9-17(13)25-19)28-20-12-16(23)14-8-4-6-10-18(14)26-20/h3-12,24H,2H2,1H3. The van der Waals surface area contributed by atoms with Crippen molar-refractivity contribution in [1.82, 2.24) is 0 Å². The van der Waals surface area contributed by atoms with Gasteiger partial charge in [-0.05, 0) is 24.3 Å². The number of hydrogen-bond acceptors (Lipinski definition) is 7. The van der Waals surface area contributed by atoms with Gasteiger partial charge in [-0.1, -0.05) is 31.2 Å². The van der Waals surface area contributed by atoms with Gasteiger partial charge in [0.05, 0.1) is 29.3 Å². The van der Waals surface area contributed by atoms with E-state index in [1.807, 2.05) is 0 Å². The molecule has 2 aromatic carbocycles. The maximum atomic E-state index is 12.2. The number of ether oxygens (including phenoxy) is 2. The topological polar surface area (TPSA) is 99.1 Å². The molecule has 0 spiro atoms. The van der Waals surface area contributed by atoms with Crippen LogP contribution in [0.15, 0.2) is 79.1 Å². The Balaban J connectivity index is 1.68. The molecule has 7 nitrogen and oxygen atoms in total. The van der Waals surface area contributed by atoms with Crippen molar-refractivity contribution in [3.05, 3.63) is 81.1 Å². The predicted octanol–water partition coefficient (Wildman–Crippen LogP) is 3.41. The van der Waals surface area contributed by atoms with E-state index in [0.29, 0.717) is 21.9 Å². The zero-order chi connectivity index (χ0) is 19.7. The van der Waals surface area contributed by atoms with Crippen molar-refractivity contribution in [2.24, 2.45) is 0 Å². The molecule has 4 rings (SSSR count). The molecule has 142 valence electrons. The zero-order valence-electron chi connectivity index (χ0n) is 14.9. The molecular formula is C21H16O7. The third-order valence-electron chi connectivity index (χ3n) is 4.19. The second-order valence-corrected chi connectivity index (χ2v) is 6.12. The molecule has 0 atom stereocenters. The number of fused-ring (bicyclic) bond motifs is 2. The molecule has 0 amide bonds. The van der Waals surface area contributed by atoms with Crippen molar-refractivity contribution >= 4 is 21.9 Å². The minimum atomic E-state index is -2.21. The molecule has 2 aromatic heterocycles. The molecule has 4 aromatic rings. The van der Waals surface area contributed by atoms with Gasteiger partial charge in [-0.2, -0.15) is 0 Å². The summed E-state index contributed by atoms with van der Waals surface area (Å²) in [5.74, 6) is -2.66. The molecule has 0 aliphatic heterocycles. The summed E-state index contributed by atoms with van der Waals surface area (Å²) in [7, 11) is 0. The van der Waals surface area contributed by atoms with Gasteiger partial charge in [-0.15, -0.1) is 0 Å². The van der Waals surface area contributed by atoms with Gasteiger partial charge in [0.1, 0.15) is 11.2 Å². The van der Waals surface area contributed by atoms with Gasteiger partial charge < -0.3 is 23.4 Å². The van der Waals surface area contributed by atoms with Gasteiger partial charge in [0.15, 0.2) is 10.9 Å². The van der Waals surface area contributed by atoms with Crippen LogP contribution in [-0.4, -0.2) is 11.1 Å². The fourth-order valence-electron chi connectivity index (χ4n) is 2.74. The van der Waals surface area contributed by atoms with Crippen molar-refractivity contribution in [3.63, 3.8) is 0 Å². The molecule has 1 N–H and O–H groups in total. The van der Waals surface area contributed by atoms with E-state index in [0.717, 1.165) is 12.1 Å². The van der Waals surface area contributed by atoms with E-state index in [-0.39, 0.29) is 29.2 Å². The molecule has 0 unspecified atom stereocenters. The smallest absolute Gasteiger partial charge is 0.373 e. The summed E-state index contributed by atoms with van der Waals surface area (Å²) in [5.41, 5.74) is -0.0403. The molecule has 28 heavy (non-hydrogen) atoms. The third kappa shape index (κ3) is 3.35. The van der Waals surface area contributed by atoms with Crippen LogP contribution in [0.25, 0.3) is 21.9 Å². The summed E-state index contributed by atoms with van der Waals surface area (Å²) in [6.45, 7) is 1.60. The lowest BCUT2D eigenvalue weighted by Gasteiger charge is -2.26. The summed E-state index contributed by atoms with van der Waals surface area (Å²) in [4.78, 5) is 24.4. The number of rotatable bonds is 5. The summed E-state index contributed by atoms with van der Waals surface area (Å²) in [5, 5.41) is 11.5. The maximum absolute atomic E-state index is 12.2. The van der Waals surface area contributed by atoms with Gasteiger partial charge in [-0.3, -0.25) is 9.59 Å². The second kappa shape index (κ2) is 6.86. The van der Waals surface area contributed by atoms with Crippen LogP contribution in [-0.2, 0) is 0 Å².